The highest BCUT2D eigenvalue weighted by Crippen LogP contribution is 2.34. The molecule has 0 bridgehead atoms. The maximum absolute atomic E-state index is 10.1. The van der Waals surface area contributed by atoms with Gasteiger partial charge in [-0.25, -0.2) is 0 Å². The smallest absolute Gasteiger partial charge is 0.0826 e. The first-order valence-electron chi connectivity index (χ1n) is 7.76. The van der Waals surface area contributed by atoms with Crippen LogP contribution in [0.5, 0.6) is 0 Å². The first kappa shape index (κ1) is 14.2. The van der Waals surface area contributed by atoms with Crippen LogP contribution in [0.2, 0.25) is 0 Å². The van der Waals surface area contributed by atoms with Crippen LogP contribution in [0.4, 0.5) is 5.69 Å². The minimum absolute atomic E-state index is 0.319. The Kier molecular flexibility index (Phi) is 3.98. The highest BCUT2D eigenvalue weighted by Gasteiger charge is 2.22. The fraction of sp³-hybridized carbons (Fsp3) is 0.368. The topological polar surface area (TPSA) is 23.5 Å². The molecule has 1 heterocycles. The lowest BCUT2D eigenvalue weighted by Gasteiger charge is -2.34. The number of para-hydroxylation sites is 1. The molecule has 0 aliphatic carbocycles. The minimum Gasteiger partial charge on any atom is -0.388 e. The fourth-order valence-electron chi connectivity index (χ4n) is 3.00. The highest BCUT2D eigenvalue weighted by molar-refractivity contribution is 5.56. The number of hydrogen-bond donors (Lipinski definition) is 1. The molecule has 2 heteroatoms. The van der Waals surface area contributed by atoms with Crippen LogP contribution in [0.25, 0.3) is 0 Å². The average Bonchev–Trinajstić information content (AvgIpc) is 2.51. The number of hydrogen-bond acceptors (Lipinski definition) is 2. The third-order valence-electron chi connectivity index (χ3n) is 4.33. The van der Waals surface area contributed by atoms with Crippen LogP contribution < -0.4 is 4.90 Å². The predicted molar refractivity (Wildman–Crippen MR) is 87.6 cm³/mol. The summed E-state index contributed by atoms with van der Waals surface area (Å²) in [4.78, 5) is 2.37. The molecule has 2 aromatic carbocycles. The number of rotatable bonds is 3. The van der Waals surface area contributed by atoms with Crippen LogP contribution in [0.15, 0.2) is 48.5 Å². The molecule has 1 N–H and O–H groups in total. The van der Waals surface area contributed by atoms with Gasteiger partial charge in [0.1, 0.15) is 0 Å². The summed E-state index contributed by atoms with van der Waals surface area (Å²) in [6.07, 6.45) is 0.488. The molecule has 1 atom stereocenters. The molecular weight excluding hydrogens is 258 g/mol. The number of nitrogens with zero attached hydrogens (tertiary/aromatic N) is 1. The average molecular weight is 281 g/mol. The largest absolute Gasteiger partial charge is 0.388 e. The molecule has 0 spiro atoms. The van der Waals surface area contributed by atoms with Gasteiger partial charge in [0.25, 0.3) is 0 Å². The molecule has 0 fully saturated rings. The third kappa shape index (κ3) is 2.96. The van der Waals surface area contributed by atoms with Crippen molar-refractivity contribution in [1.29, 1.82) is 0 Å². The van der Waals surface area contributed by atoms with Gasteiger partial charge in [-0.3, -0.25) is 0 Å². The van der Waals surface area contributed by atoms with Crippen LogP contribution in [0.1, 0.15) is 49.0 Å². The van der Waals surface area contributed by atoms with E-state index in [2.05, 4.69) is 49.1 Å². The van der Waals surface area contributed by atoms with E-state index < -0.39 is 0 Å². The van der Waals surface area contributed by atoms with Gasteiger partial charge in [-0.1, -0.05) is 56.3 Å². The monoisotopic (exact) mass is 281 g/mol. The maximum Gasteiger partial charge on any atom is 0.0826 e. The summed E-state index contributed by atoms with van der Waals surface area (Å²) in [5, 5.41) is 10.1. The van der Waals surface area contributed by atoms with E-state index in [0.29, 0.717) is 5.92 Å². The van der Waals surface area contributed by atoms with Crippen molar-refractivity contribution in [2.45, 2.75) is 38.8 Å². The van der Waals surface area contributed by atoms with E-state index in [-0.39, 0.29) is 6.10 Å². The summed E-state index contributed by atoms with van der Waals surface area (Å²) < 4.78 is 0. The first-order valence-corrected chi connectivity index (χ1v) is 7.76. The third-order valence-corrected chi connectivity index (χ3v) is 4.33. The summed E-state index contributed by atoms with van der Waals surface area (Å²) in [7, 11) is 0. The number of benzene rings is 2. The van der Waals surface area contributed by atoms with Gasteiger partial charge in [-0.15, -0.1) is 0 Å². The summed E-state index contributed by atoms with van der Waals surface area (Å²) in [6.45, 7) is 6.25. The van der Waals surface area contributed by atoms with Gasteiger partial charge < -0.3 is 10.0 Å². The van der Waals surface area contributed by atoms with Gasteiger partial charge in [-0.2, -0.15) is 0 Å². The van der Waals surface area contributed by atoms with Crippen molar-refractivity contribution in [3.8, 4) is 0 Å². The zero-order valence-corrected chi connectivity index (χ0v) is 12.8. The van der Waals surface area contributed by atoms with Crippen molar-refractivity contribution in [3.05, 3.63) is 65.2 Å². The van der Waals surface area contributed by atoms with Gasteiger partial charge >= 0.3 is 0 Å². The Balaban J connectivity index is 1.81. The van der Waals surface area contributed by atoms with Gasteiger partial charge in [0, 0.05) is 24.3 Å². The van der Waals surface area contributed by atoms with Crippen molar-refractivity contribution >= 4 is 5.69 Å². The second kappa shape index (κ2) is 5.90. The zero-order chi connectivity index (χ0) is 14.8. The lowest BCUT2D eigenvalue weighted by molar-refractivity contribution is 0.164. The lowest BCUT2D eigenvalue weighted by atomic mass is 9.97. The van der Waals surface area contributed by atoms with E-state index in [1.54, 1.807) is 0 Å². The Morgan fingerprint density at radius 2 is 1.81 bits per heavy atom. The Morgan fingerprint density at radius 1 is 1.10 bits per heavy atom. The van der Waals surface area contributed by atoms with Crippen molar-refractivity contribution in [3.63, 3.8) is 0 Å². The van der Waals surface area contributed by atoms with Crippen LogP contribution >= 0.6 is 0 Å². The second-order valence-electron chi connectivity index (χ2n) is 6.18. The van der Waals surface area contributed by atoms with Crippen LogP contribution in [0, 0.1) is 0 Å². The molecule has 0 saturated heterocycles. The zero-order valence-electron chi connectivity index (χ0n) is 12.8. The van der Waals surface area contributed by atoms with E-state index >= 15 is 0 Å². The van der Waals surface area contributed by atoms with Crippen LogP contribution in [0.3, 0.4) is 0 Å². The lowest BCUT2D eigenvalue weighted by Crippen LogP contribution is -2.30. The Hall–Kier alpha value is -1.80. The Morgan fingerprint density at radius 3 is 2.52 bits per heavy atom. The van der Waals surface area contributed by atoms with E-state index in [9.17, 15) is 5.11 Å². The summed E-state index contributed by atoms with van der Waals surface area (Å²) >= 11 is 0. The molecule has 1 aliphatic rings. The predicted octanol–water partition coefficient (Wildman–Crippen LogP) is 4.25. The molecule has 0 saturated carbocycles. The molecule has 21 heavy (non-hydrogen) atoms. The standard InChI is InChI=1S/C19H23NO/c1-14(2)16-9-7-15(8-10-16)13-20-12-11-19(21)17-5-3-4-6-18(17)20/h3-10,14,19,21H,11-13H2,1-2H3. The Bertz CT molecular complexity index is 603. The first-order chi connectivity index (χ1) is 10.1. The number of anilines is 1. The van der Waals surface area contributed by atoms with E-state index in [0.717, 1.165) is 25.1 Å². The summed E-state index contributed by atoms with van der Waals surface area (Å²) in [5.41, 5.74) is 4.94. The van der Waals surface area contributed by atoms with Gasteiger partial charge in [-0.05, 0) is 29.5 Å². The van der Waals surface area contributed by atoms with E-state index in [1.807, 2.05) is 18.2 Å². The van der Waals surface area contributed by atoms with Gasteiger partial charge in [0.05, 0.1) is 6.10 Å². The molecule has 0 radical (unpaired) electrons. The number of aliphatic hydroxyl groups excluding tert-OH is 1. The molecule has 3 rings (SSSR count). The number of fused-ring (bicyclic) bond motifs is 1. The normalized spacial score (nSPS) is 17.9. The molecule has 1 unspecified atom stereocenters. The highest BCUT2D eigenvalue weighted by atomic mass is 16.3. The molecule has 2 aromatic rings. The fourth-order valence-corrected chi connectivity index (χ4v) is 3.00. The molecule has 1 aliphatic heterocycles. The summed E-state index contributed by atoms with van der Waals surface area (Å²) in [6, 6.07) is 17.1. The van der Waals surface area contributed by atoms with Crippen molar-refractivity contribution in [2.24, 2.45) is 0 Å². The Labute approximate surface area is 127 Å². The molecule has 0 aromatic heterocycles. The van der Waals surface area contributed by atoms with Gasteiger partial charge in [0.15, 0.2) is 0 Å². The molecule has 0 amide bonds. The SMILES string of the molecule is CC(C)c1ccc(CN2CCC(O)c3ccccc32)cc1. The van der Waals surface area contributed by atoms with E-state index in [1.165, 1.54) is 16.8 Å². The van der Waals surface area contributed by atoms with Crippen molar-refractivity contribution in [2.75, 3.05) is 11.4 Å². The van der Waals surface area contributed by atoms with Crippen LogP contribution in [-0.2, 0) is 6.54 Å². The molecule has 110 valence electrons. The van der Waals surface area contributed by atoms with Crippen molar-refractivity contribution < 1.29 is 5.11 Å². The second-order valence-corrected chi connectivity index (χ2v) is 6.18. The number of aliphatic hydroxyl groups is 1. The molecule has 2 nitrogen and oxygen atoms in total. The quantitative estimate of drug-likeness (QED) is 0.909. The molecular formula is C19H23NO. The summed E-state index contributed by atoms with van der Waals surface area (Å²) in [5.74, 6) is 0.574. The van der Waals surface area contributed by atoms with E-state index in [4.69, 9.17) is 0 Å². The van der Waals surface area contributed by atoms with Gasteiger partial charge in [0.2, 0.25) is 0 Å². The van der Waals surface area contributed by atoms with Crippen LogP contribution in [-0.4, -0.2) is 11.7 Å². The maximum atomic E-state index is 10.1. The van der Waals surface area contributed by atoms with Crippen molar-refractivity contribution in [1.82, 2.24) is 0 Å². The minimum atomic E-state index is -0.319.